The van der Waals surface area contributed by atoms with Crippen LogP contribution in [-0.4, -0.2) is 15.8 Å². The van der Waals surface area contributed by atoms with Crippen LogP contribution in [0.1, 0.15) is 27.9 Å². The van der Waals surface area contributed by atoms with Crippen molar-refractivity contribution in [1.29, 1.82) is 0 Å². The van der Waals surface area contributed by atoms with E-state index in [1.165, 1.54) is 11.3 Å². The van der Waals surface area contributed by atoms with Crippen LogP contribution in [0.4, 0.5) is 0 Å². The van der Waals surface area contributed by atoms with Crippen molar-refractivity contribution in [2.24, 2.45) is 0 Å². The molecule has 0 aromatic carbocycles. The van der Waals surface area contributed by atoms with Crippen molar-refractivity contribution in [2.45, 2.75) is 20.8 Å². The molecule has 82 valence electrons. The Hall–Kier alpha value is -1.55. The van der Waals surface area contributed by atoms with Gasteiger partial charge >= 0.3 is 0 Å². The molecule has 0 aliphatic carbocycles. The van der Waals surface area contributed by atoms with E-state index >= 15 is 0 Å². The average Bonchev–Trinajstić information content (AvgIpc) is 2.61. The summed E-state index contributed by atoms with van der Waals surface area (Å²) in [6, 6.07) is 1.93. The van der Waals surface area contributed by atoms with Crippen LogP contribution in [0.2, 0.25) is 0 Å². The predicted molar refractivity (Wildman–Crippen MR) is 64.8 cm³/mol. The maximum atomic E-state index is 11.4. The fourth-order valence-corrected chi connectivity index (χ4v) is 2.60. The third-order valence-corrected chi connectivity index (χ3v) is 3.66. The minimum Gasteiger partial charge on any atom is -0.294 e. The van der Waals surface area contributed by atoms with Crippen LogP contribution in [-0.2, 0) is 0 Å². The lowest BCUT2D eigenvalue weighted by Crippen LogP contribution is -1.89. The van der Waals surface area contributed by atoms with Crippen LogP contribution < -0.4 is 0 Å². The summed E-state index contributed by atoms with van der Waals surface area (Å²) in [6.07, 6.45) is 3.55. The number of aromatic nitrogens is 2. The molecule has 0 atom stereocenters. The van der Waals surface area contributed by atoms with E-state index in [1.807, 2.05) is 19.9 Å². The Labute approximate surface area is 98.2 Å². The van der Waals surface area contributed by atoms with Gasteiger partial charge in [0.1, 0.15) is 5.01 Å². The molecule has 0 aliphatic rings. The van der Waals surface area contributed by atoms with Gasteiger partial charge < -0.3 is 0 Å². The minimum absolute atomic E-state index is 0.0768. The van der Waals surface area contributed by atoms with E-state index in [4.69, 9.17) is 0 Å². The van der Waals surface area contributed by atoms with Gasteiger partial charge in [0.15, 0.2) is 5.78 Å². The first-order valence-corrected chi connectivity index (χ1v) is 5.80. The normalized spacial score (nSPS) is 10.4. The molecule has 0 N–H and O–H groups in total. The zero-order valence-corrected chi connectivity index (χ0v) is 10.3. The number of hydrogen-bond donors (Lipinski definition) is 0. The molecule has 0 aliphatic heterocycles. The number of rotatable bonds is 2. The molecular formula is C12H12N2OS. The second kappa shape index (κ2) is 4.14. The van der Waals surface area contributed by atoms with Crippen LogP contribution in [0.15, 0.2) is 18.5 Å². The minimum atomic E-state index is 0.0768. The summed E-state index contributed by atoms with van der Waals surface area (Å²) < 4.78 is 0. The summed E-state index contributed by atoms with van der Waals surface area (Å²) in [5.74, 6) is 0.0768. The Morgan fingerprint density at radius 1 is 1.38 bits per heavy atom. The van der Waals surface area contributed by atoms with E-state index in [-0.39, 0.29) is 5.78 Å². The van der Waals surface area contributed by atoms with E-state index in [2.05, 4.69) is 9.97 Å². The Balaban J connectivity index is 2.54. The molecule has 2 aromatic heterocycles. The van der Waals surface area contributed by atoms with Crippen LogP contribution in [0.3, 0.4) is 0 Å². The van der Waals surface area contributed by atoms with Gasteiger partial charge in [0.05, 0.1) is 10.6 Å². The maximum Gasteiger partial charge on any atom is 0.171 e. The van der Waals surface area contributed by atoms with Crippen molar-refractivity contribution < 1.29 is 4.79 Å². The summed E-state index contributed by atoms with van der Waals surface area (Å²) in [6.45, 7) is 5.43. The quantitative estimate of drug-likeness (QED) is 0.747. The first kappa shape index (κ1) is 11.0. The van der Waals surface area contributed by atoms with Crippen LogP contribution in [0.5, 0.6) is 0 Å². The van der Waals surface area contributed by atoms with E-state index < -0.39 is 0 Å². The molecule has 2 heterocycles. The number of thiazole rings is 1. The zero-order valence-electron chi connectivity index (χ0n) is 9.44. The molecule has 0 amide bonds. The summed E-state index contributed by atoms with van der Waals surface area (Å²) in [4.78, 5) is 20.6. The summed E-state index contributed by atoms with van der Waals surface area (Å²) >= 11 is 1.45. The molecule has 2 aromatic rings. The SMILES string of the molecule is CC(=O)c1sc(-c2ccncc2C)nc1C. The fraction of sp³-hybridized carbons (Fsp3) is 0.250. The summed E-state index contributed by atoms with van der Waals surface area (Å²) in [5.41, 5.74) is 2.94. The smallest absolute Gasteiger partial charge is 0.171 e. The number of aryl methyl sites for hydroxylation is 2. The second-order valence-electron chi connectivity index (χ2n) is 3.68. The Bertz CT molecular complexity index is 546. The number of nitrogens with zero attached hydrogens (tertiary/aromatic N) is 2. The van der Waals surface area contributed by atoms with Gasteiger partial charge in [-0.2, -0.15) is 0 Å². The average molecular weight is 232 g/mol. The molecule has 16 heavy (non-hydrogen) atoms. The van der Waals surface area contributed by atoms with Crippen molar-refractivity contribution in [1.82, 2.24) is 9.97 Å². The van der Waals surface area contributed by atoms with E-state index in [0.29, 0.717) is 0 Å². The van der Waals surface area contributed by atoms with Crippen molar-refractivity contribution in [3.8, 4) is 10.6 Å². The highest BCUT2D eigenvalue weighted by atomic mass is 32.1. The molecule has 0 saturated heterocycles. The van der Waals surface area contributed by atoms with Crippen LogP contribution in [0, 0.1) is 13.8 Å². The molecule has 0 bridgehead atoms. The molecule has 2 rings (SSSR count). The Morgan fingerprint density at radius 3 is 2.69 bits per heavy atom. The number of hydrogen-bond acceptors (Lipinski definition) is 4. The molecular weight excluding hydrogens is 220 g/mol. The van der Waals surface area contributed by atoms with Crippen molar-refractivity contribution in [2.75, 3.05) is 0 Å². The van der Waals surface area contributed by atoms with Gasteiger partial charge in [0, 0.05) is 24.9 Å². The topological polar surface area (TPSA) is 42.9 Å². The number of ketones is 1. The number of carbonyl (C=O) groups excluding carboxylic acids is 1. The molecule has 3 nitrogen and oxygen atoms in total. The predicted octanol–water partition coefficient (Wildman–Crippen LogP) is 3.02. The van der Waals surface area contributed by atoms with Crippen LogP contribution >= 0.6 is 11.3 Å². The van der Waals surface area contributed by atoms with Gasteiger partial charge in [-0.25, -0.2) is 4.98 Å². The Kier molecular flexibility index (Phi) is 2.83. The maximum absolute atomic E-state index is 11.4. The number of carbonyl (C=O) groups is 1. The van der Waals surface area contributed by atoms with Gasteiger partial charge in [-0.15, -0.1) is 11.3 Å². The molecule has 0 unspecified atom stereocenters. The first-order valence-electron chi connectivity index (χ1n) is 4.99. The standard InChI is InChI=1S/C12H12N2OS/c1-7-6-13-5-4-10(7)12-14-8(2)11(16-12)9(3)15/h4-6H,1-3H3. The lowest BCUT2D eigenvalue weighted by molar-refractivity contribution is 0.102. The van der Waals surface area contributed by atoms with Gasteiger partial charge in [0.2, 0.25) is 0 Å². The summed E-state index contributed by atoms with van der Waals surface area (Å²) in [5, 5.41) is 0.891. The van der Waals surface area contributed by atoms with Gasteiger partial charge in [0.25, 0.3) is 0 Å². The third-order valence-electron chi connectivity index (χ3n) is 2.37. The van der Waals surface area contributed by atoms with Gasteiger partial charge in [-0.1, -0.05) is 0 Å². The first-order chi connectivity index (χ1) is 7.59. The Morgan fingerprint density at radius 2 is 2.12 bits per heavy atom. The summed E-state index contributed by atoms with van der Waals surface area (Å²) in [7, 11) is 0. The van der Waals surface area contributed by atoms with Crippen molar-refractivity contribution in [3.63, 3.8) is 0 Å². The molecule has 4 heteroatoms. The molecule has 0 radical (unpaired) electrons. The second-order valence-corrected chi connectivity index (χ2v) is 4.68. The lowest BCUT2D eigenvalue weighted by atomic mass is 10.2. The van der Waals surface area contributed by atoms with Crippen molar-refractivity contribution in [3.05, 3.63) is 34.6 Å². The molecule has 0 fully saturated rings. The largest absolute Gasteiger partial charge is 0.294 e. The highest BCUT2D eigenvalue weighted by Gasteiger charge is 2.13. The zero-order chi connectivity index (χ0) is 11.7. The van der Waals surface area contributed by atoms with Crippen LogP contribution in [0.25, 0.3) is 10.6 Å². The number of Topliss-reactive ketones (excluding diaryl/α,β-unsaturated/α-hetero) is 1. The monoisotopic (exact) mass is 232 g/mol. The molecule has 0 saturated carbocycles. The third kappa shape index (κ3) is 1.88. The fourth-order valence-electron chi connectivity index (χ4n) is 1.55. The van der Waals surface area contributed by atoms with Gasteiger partial charge in [-0.3, -0.25) is 9.78 Å². The highest BCUT2D eigenvalue weighted by Crippen LogP contribution is 2.29. The van der Waals surface area contributed by atoms with Crippen molar-refractivity contribution >= 4 is 17.1 Å². The van der Waals surface area contributed by atoms with E-state index in [9.17, 15) is 4.79 Å². The van der Waals surface area contributed by atoms with E-state index in [1.54, 1.807) is 19.3 Å². The molecule has 0 spiro atoms. The highest BCUT2D eigenvalue weighted by molar-refractivity contribution is 7.17. The van der Waals surface area contributed by atoms with E-state index in [0.717, 1.165) is 26.7 Å². The van der Waals surface area contributed by atoms with Gasteiger partial charge in [-0.05, 0) is 25.5 Å². The lowest BCUT2D eigenvalue weighted by Gasteiger charge is -1.99. The number of pyridine rings is 1.